The number of aryl methyl sites for hydroxylation is 2. The highest BCUT2D eigenvalue weighted by Crippen LogP contribution is 2.21. The van der Waals surface area contributed by atoms with Gasteiger partial charge in [0.05, 0.1) is 16.8 Å². The summed E-state index contributed by atoms with van der Waals surface area (Å²) in [5.74, 6) is 0.0836. The smallest absolute Gasteiger partial charge is 0.258 e. The van der Waals surface area contributed by atoms with Gasteiger partial charge in [0.25, 0.3) is 5.91 Å². The van der Waals surface area contributed by atoms with Gasteiger partial charge in [0.2, 0.25) is 0 Å². The molecule has 94 valence electrons. The Morgan fingerprint density at radius 1 is 1.41 bits per heavy atom. The molecule has 0 aromatic carbocycles. The molecule has 0 bridgehead atoms. The van der Waals surface area contributed by atoms with Crippen LogP contribution in [0.5, 0.6) is 0 Å². The number of hydrogen-bond acceptors (Lipinski definition) is 3. The van der Waals surface area contributed by atoms with Crippen molar-refractivity contribution in [2.45, 2.75) is 33.2 Å². The van der Waals surface area contributed by atoms with Crippen molar-refractivity contribution in [2.24, 2.45) is 0 Å². The maximum atomic E-state index is 12.6. The summed E-state index contributed by atoms with van der Waals surface area (Å²) in [6.07, 6.45) is 0. The molecule has 2 heterocycles. The minimum absolute atomic E-state index is 0.0836. The third-order valence-corrected chi connectivity index (χ3v) is 3.39. The molecule has 0 atom stereocenters. The fourth-order valence-electron chi connectivity index (χ4n) is 2.36. The van der Waals surface area contributed by atoms with Crippen molar-refractivity contribution >= 4 is 5.91 Å². The van der Waals surface area contributed by atoms with Gasteiger partial charge in [0.15, 0.2) is 0 Å². The number of aromatic amines is 1. The topological polar surface area (TPSA) is 61.0 Å². The van der Waals surface area contributed by atoms with Crippen molar-refractivity contribution in [3.8, 4) is 0 Å². The standard InChI is InChI=1S/C12H20N4O/c1-8-10(9(2)15-14-8)11(17)16-6-5-13-7-12(16,3)4/h13H,5-7H2,1-4H3,(H,14,15). The first kappa shape index (κ1) is 12.1. The Hall–Kier alpha value is -1.36. The van der Waals surface area contributed by atoms with Crippen molar-refractivity contribution < 1.29 is 4.79 Å². The summed E-state index contributed by atoms with van der Waals surface area (Å²) in [6.45, 7) is 10.4. The normalized spacial score (nSPS) is 19.4. The van der Waals surface area contributed by atoms with Crippen LogP contribution in [-0.2, 0) is 0 Å². The zero-order valence-electron chi connectivity index (χ0n) is 10.9. The van der Waals surface area contributed by atoms with Gasteiger partial charge in [-0.2, -0.15) is 5.10 Å². The third-order valence-electron chi connectivity index (χ3n) is 3.39. The monoisotopic (exact) mass is 236 g/mol. The predicted octanol–water partition coefficient (Wildman–Crippen LogP) is 0.851. The molecule has 0 unspecified atom stereocenters. The van der Waals surface area contributed by atoms with Crippen molar-refractivity contribution in [1.82, 2.24) is 20.4 Å². The van der Waals surface area contributed by atoms with E-state index in [0.717, 1.165) is 36.6 Å². The van der Waals surface area contributed by atoms with Crippen LogP contribution in [0.1, 0.15) is 35.6 Å². The molecule has 1 aliphatic heterocycles. The number of aromatic nitrogens is 2. The summed E-state index contributed by atoms with van der Waals surface area (Å²) in [4.78, 5) is 14.5. The van der Waals surface area contributed by atoms with Crippen LogP contribution in [0.15, 0.2) is 0 Å². The Morgan fingerprint density at radius 3 is 2.65 bits per heavy atom. The Bertz CT molecular complexity index is 416. The number of rotatable bonds is 1. The van der Waals surface area contributed by atoms with Crippen LogP contribution in [0.2, 0.25) is 0 Å². The van der Waals surface area contributed by atoms with Gasteiger partial charge in [0, 0.05) is 25.3 Å². The number of hydrogen-bond donors (Lipinski definition) is 2. The Morgan fingerprint density at radius 2 is 2.12 bits per heavy atom. The van der Waals surface area contributed by atoms with Crippen LogP contribution < -0.4 is 5.32 Å². The molecule has 1 amide bonds. The van der Waals surface area contributed by atoms with Crippen LogP contribution in [0.3, 0.4) is 0 Å². The lowest BCUT2D eigenvalue weighted by atomic mass is 9.98. The summed E-state index contributed by atoms with van der Waals surface area (Å²) in [7, 11) is 0. The number of H-pyrrole nitrogens is 1. The Kier molecular flexibility index (Phi) is 2.95. The Labute approximate surface area is 102 Å². The van der Waals surface area contributed by atoms with Gasteiger partial charge >= 0.3 is 0 Å². The van der Waals surface area contributed by atoms with Crippen LogP contribution in [-0.4, -0.2) is 46.2 Å². The van der Waals surface area contributed by atoms with Crippen LogP contribution in [0, 0.1) is 13.8 Å². The van der Waals surface area contributed by atoms with Crippen molar-refractivity contribution in [2.75, 3.05) is 19.6 Å². The summed E-state index contributed by atoms with van der Waals surface area (Å²) >= 11 is 0. The number of nitrogens with zero attached hydrogens (tertiary/aromatic N) is 2. The highest BCUT2D eigenvalue weighted by molar-refractivity contribution is 5.96. The molecule has 1 fully saturated rings. The van der Waals surface area contributed by atoms with Crippen LogP contribution in [0.25, 0.3) is 0 Å². The van der Waals surface area contributed by atoms with Crippen LogP contribution in [0.4, 0.5) is 0 Å². The minimum Gasteiger partial charge on any atom is -0.331 e. The molecule has 1 aromatic heterocycles. The van der Waals surface area contributed by atoms with E-state index in [1.165, 1.54) is 0 Å². The average molecular weight is 236 g/mol. The zero-order valence-corrected chi connectivity index (χ0v) is 10.9. The quantitative estimate of drug-likeness (QED) is 0.760. The van der Waals surface area contributed by atoms with Gasteiger partial charge < -0.3 is 10.2 Å². The molecule has 2 N–H and O–H groups in total. The minimum atomic E-state index is -0.147. The molecule has 2 rings (SSSR count). The molecule has 5 nitrogen and oxygen atoms in total. The van der Waals surface area contributed by atoms with E-state index in [1.54, 1.807) is 0 Å². The highest BCUT2D eigenvalue weighted by atomic mass is 16.2. The van der Waals surface area contributed by atoms with Crippen LogP contribution >= 0.6 is 0 Å². The van der Waals surface area contributed by atoms with E-state index in [1.807, 2.05) is 18.7 Å². The van der Waals surface area contributed by atoms with Gasteiger partial charge in [-0.3, -0.25) is 9.89 Å². The molecule has 0 aliphatic carbocycles. The van der Waals surface area contributed by atoms with E-state index in [0.29, 0.717) is 0 Å². The number of nitrogens with one attached hydrogen (secondary N) is 2. The molecule has 17 heavy (non-hydrogen) atoms. The largest absolute Gasteiger partial charge is 0.331 e. The van der Waals surface area contributed by atoms with Crippen molar-refractivity contribution in [3.63, 3.8) is 0 Å². The summed E-state index contributed by atoms with van der Waals surface area (Å²) in [6, 6.07) is 0. The summed E-state index contributed by atoms with van der Waals surface area (Å²) in [5.41, 5.74) is 2.20. The molecule has 1 aromatic rings. The molecule has 1 saturated heterocycles. The number of carbonyl (C=O) groups is 1. The van der Waals surface area contributed by atoms with Gasteiger partial charge in [0.1, 0.15) is 0 Å². The molecular formula is C12H20N4O. The van der Waals surface area contributed by atoms with Gasteiger partial charge in [-0.1, -0.05) is 0 Å². The van der Waals surface area contributed by atoms with E-state index in [2.05, 4.69) is 29.4 Å². The molecule has 0 spiro atoms. The van der Waals surface area contributed by atoms with Crippen molar-refractivity contribution in [3.05, 3.63) is 17.0 Å². The molecule has 0 radical (unpaired) electrons. The van der Waals surface area contributed by atoms with E-state index < -0.39 is 0 Å². The van der Waals surface area contributed by atoms with Gasteiger partial charge in [-0.05, 0) is 27.7 Å². The highest BCUT2D eigenvalue weighted by Gasteiger charge is 2.35. The zero-order chi connectivity index (χ0) is 12.6. The van der Waals surface area contributed by atoms with E-state index >= 15 is 0 Å². The van der Waals surface area contributed by atoms with Crippen molar-refractivity contribution in [1.29, 1.82) is 0 Å². The lowest BCUT2D eigenvalue weighted by Crippen LogP contribution is -2.60. The van der Waals surface area contributed by atoms with Gasteiger partial charge in [-0.25, -0.2) is 0 Å². The lowest BCUT2D eigenvalue weighted by molar-refractivity contribution is 0.0476. The fraction of sp³-hybridized carbons (Fsp3) is 0.667. The maximum Gasteiger partial charge on any atom is 0.258 e. The first-order valence-electron chi connectivity index (χ1n) is 5.98. The number of carbonyl (C=O) groups excluding carboxylic acids is 1. The van der Waals surface area contributed by atoms with E-state index in [9.17, 15) is 4.79 Å². The SMILES string of the molecule is Cc1n[nH]c(C)c1C(=O)N1CCNCC1(C)C. The van der Waals surface area contributed by atoms with E-state index in [-0.39, 0.29) is 11.4 Å². The second-order valence-electron chi connectivity index (χ2n) is 5.26. The molecule has 1 aliphatic rings. The maximum absolute atomic E-state index is 12.6. The van der Waals surface area contributed by atoms with E-state index in [4.69, 9.17) is 0 Å². The fourth-order valence-corrected chi connectivity index (χ4v) is 2.36. The molecule has 5 heteroatoms. The predicted molar refractivity (Wildman–Crippen MR) is 66.0 cm³/mol. The van der Waals surface area contributed by atoms with Gasteiger partial charge in [-0.15, -0.1) is 0 Å². The molecular weight excluding hydrogens is 216 g/mol. The summed E-state index contributed by atoms with van der Waals surface area (Å²) in [5, 5.41) is 10.3. The number of amides is 1. The first-order chi connectivity index (χ1) is 7.93. The second kappa shape index (κ2) is 4.14. The molecule has 0 saturated carbocycles. The number of piperazine rings is 1. The lowest BCUT2D eigenvalue weighted by Gasteiger charge is -2.42. The second-order valence-corrected chi connectivity index (χ2v) is 5.26. The Balaban J connectivity index is 2.31. The third kappa shape index (κ3) is 2.07. The summed E-state index contributed by atoms with van der Waals surface area (Å²) < 4.78 is 0. The first-order valence-corrected chi connectivity index (χ1v) is 5.98. The average Bonchev–Trinajstić information content (AvgIpc) is 2.57.